The summed E-state index contributed by atoms with van der Waals surface area (Å²) in [6, 6.07) is 4.84. The summed E-state index contributed by atoms with van der Waals surface area (Å²) < 4.78 is 10.4. The standard InChI is InChI=1S/C18H19ClN2O4/c1-3-21(18(23)24-4-2)15-9-12(19)7-8-13(15)16(22)14-10-20-25-17(14)11-5-6-11/h7-11H,3-6H2,1-2H3. The first-order chi connectivity index (χ1) is 12.1. The highest BCUT2D eigenvalue weighted by atomic mass is 35.5. The van der Waals surface area contributed by atoms with Crippen molar-refractivity contribution in [1.29, 1.82) is 0 Å². The number of hydrogen-bond donors (Lipinski definition) is 0. The van der Waals surface area contributed by atoms with Gasteiger partial charge in [0.2, 0.25) is 0 Å². The Bertz CT molecular complexity index is 798. The monoisotopic (exact) mass is 362 g/mol. The number of aromatic nitrogens is 1. The minimum absolute atomic E-state index is 0.238. The van der Waals surface area contributed by atoms with Crippen LogP contribution in [0.4, 0.5) is 10.5 Å². The predicted octanol–water partition coefficient (Wildman–Crippen LogP) is 4.42. The van der Waals surface area contributed by atoms with E-state index in [1.807, 2.05) is 0 Å². The van der Waals surface area contributed by atoms with Crippen molar-refractivity contribution in [3.8, 4) is 0 Å². The molecule has 1 aromatic heterocycles. The van der Waals surface area contributed by atoms with E-state index in [0.29, 0.717) is 34.1 Å². The fourth-order valence-electron chi connectivity index (χ4n) is 2.72. The number of amides is 1. The highest BCUT2D eigenvalue weighted by Crippen LogP contribution is 2.42. The first kappa shape index (κ1) is 17.5. The lowest BCUT2D eigenvalue weighted by Gasteiger charge is -2.22. The smallest absolute Gasteiger partial charge is 0.414 e. The number of nitrogens with zero attached hydrogens (tertiary/aromatic N) is 2. The summed E-state index contributed by atoms with van der Waals surface area (Å²) in [7, 11) is 0. The number of rotatable bonds is 6. The third-order valence-electron chi connectivity index (χ3n) is 4.09. The molecular formula is C18H19ClN2O4. The van der Waals surface area contributed by atoms with Crippen molar-refractivity contribution in [3.05, 3.63) is 46.3 Å². The Hall–Kier alpha value is -2.34. The van der Waals surface area contributed by atoms with E-state index in [4.69, 9.17) is 20.9 Å². The summed E-state index contributed by atoms with van der Waals surface area (Å²) >= 11 is 6.10. The number of anilines is 1. The summed E-state index contributed by atoms with van der Waals surface area (Å²) in [6.45, 7) is 4.13. The van der Waals surface area contributed by atoms with Crippen LogP contribution in [0.5, 0.6) is 0 Å². The van der Waals surface area contributed by atoms with Gasteiger partial charge in [-0.25, -0.2) is 4.79 Å². The topological polar surface area (TPSA) is 72.6 Å². The number of carbonyl (C=O) groups is 2. The van der Waals surface area contributed by atoms with Crippen molar-refractivity contribution >= 4 is 29.2 Å². The molecule has 0 aliphatic heterocycles. The normalized spacial score (nSPS) is 13.6. The second-order valence-electron chi connectivity index (χ2n) is 5.81. The number of halogens is 1. The maximum absolute atomic E-state index is 13.1. The minimum atomic E-state index is -0.519. The van der Waals surface area contributed by atoms with Gasteiger partial charge in [0.05, 0.1) is 24.1 Å². The van der Waals surface area contributed by atoms with Crippen LogP contribution in [-0.4, -0.2) is 30.2 Å². The van der Waals surface area contributed by atoms with Crippen LogP contribution in [0.1, 0.15) is 54.3 Å². The van der Waals surface area contributed by atoms with Gasteiger partial charge in [-0.05, 0) is 44.9 Å². The second-order valence-corrected chi connectivity index (χ2v) is 6.25. The Balaban J connectivity index is 2.02. The molecule has 0 bridgehead atoms. The fourth-order valence-corrected chi connectivity index (χ4v) is 2.89. The quantitative estimate of drug-likeness (QED) is 0.711. The van der Waals surface area contributed by atoms with Crippen LogP contribution in [0.25, 0.3) is 0 Å². The second kappa shape index (κ2) is 7.27. The molecule has 0 spiro atoms. The van der Waals surface area contributed by atoms with Crippen molar-refractivity contribution in [2.45, 2.75) is 32.6 Å². The molecule has 1 amide bonds. The number of benzene rings is 1. The lowest BCUT2D eigenvalue weighted by Crippen LogP contribution is -2.32. The van der Waals surface area contributed by atoms with Crippen LogP contribution < -0.4 is 4.90 Å². The predicted molar refractivity (Wildman–Crippen MR) is 93.4 cm³/mol. The Morgan fingerprint density at radius 2 is 2.08 bits per heavy atom. The molecule has 1 heterocycles. The zero-order valence-corrected chi connectivity index (χ0v) is 14.9. The third-order valence-corrected chi connectivity index (χ3v) is 4.33. The molecule has 1 aliphatic carbocycles. The molecule has 1 aliphatic rings. The lowest BCUT2D eigenvalue weighted by atomic mass is 10.0. The van der Waals surface area contributed by atoms with Crippen molar-refractivity contribution in [1.82, 2.24) is 5.16 Å². The molecule has 25 heavy (non-hydrogen) atoms. The van der Waals surface area contributed by atoms with E-state index in [1.165, 1.54) is 11.1 Å². The van der Waals surface area contributed by atoms with Gasteiger partial charge in [0.1, 0.15) is 0 Å². The number of carbonyl (C=O) groups excluding carboxylic acids is 2. The Morgan fingerprint density at radius 1 is 1.32 bits per heavy atom. The maximum atomic E-state index is 13.1. The van der Waals surface area contributed by atoms with Gasteiger partial charge in [0.25, 0.3) is 0 Å². The lowest BCUT2D eigenvalue weighted by molar-refractivity contribution is 0.103. The van der Waals surface area contributed by atoms with Crippen LogP contribution in [0.2, 0.25) is 5.02 Å². The molecule has 7 heteroatoms. The third kappa shape index (κ3) is 3.54. The summed E-state index contributed by atoms with van der Waals surface area (Å²) in [5.74, 6) is 0.632. The Morgan fingerprint density at radius 3 is 2.72 bits per heavy atom. The highest BCUT2D eigenvalue weighted by molar-refractivity contribution is 6.31. The van der Waals surface area contributed by atoms with E-state index in [2.05, 4.69) is 5.16 Å². The SMILES string of the molecule is CCOC(=O)N(CC)c1cc(Cl)ccc1C(=O)c1cnoc1C1CC1. The van der Waals surface area contributed by atoms with E-state index in [0.717, 1.165) is 12.8 Å². The van der Waals surface area contributed by atoms with E-state index in [1.54, 1.807) is 32.0 Å². The highest BCUT2D eigenvalue weighted by Gasteiger charge is 2.34. The molecule has 0 saturated heterocycles. The van der Waals surface area contributed by atoms with Crippen LogP contribution in [0.15, 0.2) is 28.9 Å². The molecule has 1 fully saturated rings. The van der Waals surface area contributed by atoms with Crippen molar-refractivity contribution in [2.24, 2.45) is 0 Å². The number of ether oxygens (including phenoxy) is 1. The van der Waals surface area contributed by atoms with Gasteiger partial charge >= 0.3 is 6.09 Å². The van der Waals surface area contributed by atoms with Gasteiger partial charge in [0, 0.05) is 23.0 Å². The molecule has 1 saturated carbocycles. The van der Waals surface area contributed by atoms with Crippen LogP contribution >= 0.6 is 11.6 Å². The van der Waals surface area contributed by atoms with Gasteiger partial charge in [-0.3, -0.25) is 9.69 Å². The molecular weight excluding hydrogens is 344 g/mol. The molecule has 6 nitrogen and oxygen atoms in total. The minimum Gasteiger partial charge on any atom is -0.449 e. The van der Waals surface area contributed by atoms with Crippen LogP contribution in [0.3, 0.4) is 0 Å². The zero-order chi connectivity index (χ0) is 18.0. The summed E-state index contributed by atoms with van der Waals surface area (Å²) in [4.78, 5) is 26.7. The van der Waals surface area contributed by atoms with E-state index >= 15 is 0 Å². The molecule has 2 aromatic rings. The molecule has 0 radical (unpaired) electrons. The van der Waals surface area contributed by atoms with Gasteiger partial charge in [-0.15, -0.1) is 0 Å². The Kier molecular flexibility index (Phi) is 5.08. The average molecular weight is 363 g/mol. The summed E-state index contributed by atoms with van der Waals surface area (Å²) in [6.07, 6.45) is 2.91. The zero-order valence-electron chi connectivity index (χ0n) is 14.1. The molecule has 3 rings (SSSR count). The molecule has 0 N–H and O–H groups in total. The van der Waals surface area contributed by atoms with Crippen molar-refractivity contribution in [3.63, 3.8) is 0 Å². The summed E-state index contributed by atoms with van der Waals surface area (Å²) in [5, 5.41) is 4.21. The largest absolute Gasteiger partial charge is 0.449 e. The number of ketones is 1. The van der Waals surface area contributed by atoms with Crippen LogP contribution in [0, 0.1) is 0 Å². The van der Waals surface area contributed by atoms with Gasteiger partial charge in [-0.1, -0.05) is 16.8 Å². The van der Waals surface area contributed by atoms with E-state index in [9.17, 15) is 9.59 Å². The summed E-state index contributed by atoms with van der Waals surface area (Å²) in [5.41, 5.74) is 1.22. The number of hydrogen-bond acceptors (Lipinski definition) is 5. The van der Waals surface area contributed by atoms with Gasteiger partial charge in [-0.2, -0.15) is 0 Å². The molecule has 0 unspecified atom stereocenters. The first-order valence-corrected chi connectivity index (χ1v) is 8.67. The van der Waals surface area contributed by atoms with Crippen molar-refractivity contribution in [2.75, 3.05) is 18.1 Å². The fraction of sp³-hybridized carbons (Fsp3) is 0.389. The van der Waals surface area contributed by atoms with Crippen molar-refractivity contribution < 1.29 is 18.8 Å². The molecule has 132 valence electrons. The van der Waals surface area contributed by atoms with Gasteiger partial charge in [0.15, 0.2) is 11.5 Å². The first-order valence-electron chi connectivity index (χ1n) is 8.29. The average Bonchev–Trinajstić information content (AvgIpc) is 3.32. The Labute approximate surface area is 150 Å². The van der Waals surface area contributed by atoms with E-state index in [-0.39, 0.29) is 18.3 Å². The van der Waals surface area contributed by atoms with Crippen LogP contribution in [-0.2, 0) is 4.74 Å². The molecule has 0 atom stereocenters. The van der Waals surface area contributed by atoms with E-state index < -0.39 is 6.09 Å². The molecule has 1 aromatic carbocycles. The van der Waals surface area contributed by atoms with Gasteiger partial charge < -0.3 is 9.26 Å². The maximum Gasteiger partial charge on any atom is 0.414 e.